The summed E-state index contributed by atoms with van der Waals surface area (Å²) in [5, 5.41) is 4.85. The molecule has 0 aliphatic carbocycles. The molecule has 0 atom stereocenters. The zero-order valence-corrected chi connectivity index (χ0v) is 10.0. The van der Waals surface area contributed by atoms with Gasteiger partial charge in [-0.05, 0) is 24.3 Å². The number of esters is 1. The lowest BCUT2D eigenvalue weighted by molar-refractivity contribution is -0.139. The molecule has 0 aliphatic heterocycles. The van der Waals surface area contributed by atoms with Crippen LogP contribution in [0.4, 0.5) is 0 Å². The van der Waals surface area contributed by atoms with E-state index in [1.54, 1.807) is 29.2 Å². The molecule has 1 aromatic carbocycles. The summed E-state index contributed by atoms with van der Waals surface area (Å²) in [4.78, 5) is 11.1. The second-order valence-electron chi connectivity index (χ2n) is 3.52. The number of methoxy groups -OCH3 is 1. The van der Waals surface area contributed by atoms with E-state index < -0.39 is 0 Å². The van der Waals surface area contributed by atoms with Crippen LogP contribution in [0, 0.1) is 0 Å². The maximum Gasteiger partial charge on any atom is 0.310 e. The molecular weight excluding hydrogens is 240 g/mol. The molecule has 0 bridgehead atoms. The molecule has 2 aromatic rings. The van der Waals surface area contributed by atoms with E-state index in [4.69, 9.17) is 11.6 Å². The first kappa shape index (κ1) is 11.7. The molecule has 0 amide bonds. The summed E-state index contributed by atoms with van der Waals surface area (Å²) in [7, 11) is 1.37. The van der Waals surface area contributed by atoms with E-state index >= 15 is 0 Å². The number of carbonyl (C=O) groups excluding carboxylic acids is 1. The van der Waals surface area contributed by atoms with Gasteiger partial charge in [0.2, 0.25) is 0 Å². The predicted octanol–water partition coefficient (Wildman–Crippen LogP) is 2.24. The fourth-order valence-electron chi connectivity index (χ4n) is 1.43. The van der Waals surface area contributed by atoms with Crippen molar-refractivity contribution < 1.29 is 9.53 Å². The molecule has 1 heterocycles. The van der Waals surface area contributed by atoms with Crippen LogP contribution < -0.4 is 0 Å². The molecule has 5 heteroatoms. The van der Waals surface area contributed by atoms with Crippen LogP contribution in [0.5, 0.6) is 0 Å². The first-order valence-electron chi connectivity index (χ1n) is 5.05. The number of hydrogen-bond donors (Lipinski definition) is 0. The van der Waals surface area contributed by atoms with Crippen LogP contribution in [0.1, 0.15) is 5.56 Å². The van der Waals surface area contributed by atoms with Crippen LogP contribution >= 0.6 is 11.6 Å². The number of nitrogens with zero attached hydrogens (tertiary/aromatic N) is 2. The molecule has 88 valence electrons. The fourth-order valence-corrected chi connectivity index (χ4v) is 1.55. The van der Waals surface area contributed by atoms with Crippen LogP contribution in [-0.2, 0) is 16.0 Å². The topological polar surface area (TPSA) is 44.1 Å². The molecule has 0 spiro atoms. The lowest BCUT2D eigenvalue weighted by Crippen LogP contribution is -2.03. The minimum absolute atomic E-state index is 0.226. The molecule has 0 saturated carbocycles. The highest BCUT2D eigenvalue weighted by atomic mass is 35.5. The van der Waals surface area contributed by atoms with Crippen LogP contribution in [-0.4, -0.2) is 22.9 Å². The Morgan fingerprint density at radius 3 is 2.76 bits per heavy atom. The molecule has 0 N–H and O–H groups in total. The van der Waals surface area contributed by atoms with Gasteiger partial charge < -0.3 is 4.74 Å². The number of aromatic nitrogens is 2. The van der Waals surface area contributed by atoms with Crippen molar-refractivity contribution in [1.82, 2.24) is 9.78 Å². The van der Waals surface area contributed by atoms with Crippen molar-refractivity contribution >= 4 is 17.6 Å². The van der Waals surface area contributed by atoms with Gasteiger partial charge in [-0.3, -0.25) is 4.79 Å². The number of rotatable bonds is 3. The number of hydrogen-bond acceptors (Lipinski definition) is 3. The fraction of sp³-hybridized carbons (Fsp3) is 0.167. The molecule has 2 rings (SSSR count). The quantitative estimate of drug-likeness (QED) is 0.785. The Morgan fingerprint density at radius 1 is 1.41 bits per heavy atom. The van der Waals surface area contributed by atoms with Gasteiger partial charge in [0.15, 0.2) is 0 Å². The number of carbonyl (C=O) groups is 1. The van der Waals surface area contributed by atoms with Crippen molar-refractivity contribution in [2.45, 2.75) is 6.42 Å². The lowest BCUT2D eigenvalue weighted by Gasteiger charge is -2.00. The van der Waals surface area contributed by atoms with E-state index in [2.05, 4.69) is 9.84 Å². The number of benzene rings is 1. The van der Waals surface area contributed by atoms with Crippen LogP contribution in [0.3, 0.4) is 0 Å². The van der Waals surface area contributed by atoms with Gasteiger partial charge >= 0.3 is 5.97 Å². The average molecular weight is 251 g/mol. The lowest BCUT2D eigenvalue weighted by atomic mass is 10.2. The number of ether oxygens (including phenoxy) is 1. The minimum atomic E-state index is -0.277. The summed E-state index contributed by atoms with van der Waals surface area (Å²) < 4.78 is 6.28. The summed E-state index contributed by atoms with van der Waals surface area (Å²) in [6.45, 7) is 0. The molecule has 1 aromatic heterocycles. The Morgan fingerprint density at radius 2 is 2.12 bits per heavy atom. The van der Waals surface area contributed by atoms with Crippen molar-refractivity contribution in [3.05, 3.63) is 47.2 Å². The Hall–Kier alpha value is -1.81. The van der Waals surface area contributed by atoms with Crippen LogP contribution in [0.25, 0.3) is 5.69 Å². The van der Waals surface area contributed by atoms with Crippen molar-refractivity contribution in [3.8, 4) is 5.69 Å². The van der Waals surface area contributed by atoms with Crippen molar-refractivity contribution in [3.63, 3.8) is 0 Å². The van der Waals surface area contributed by atoms with Crippen LogP contribution in [0.2, 0.25) is 5.02 Å². The first-order chi connectivity index (χ1) is 8.19. The summed E-state index contributed by atoms with van der Waals surface area (Å²) >= 11 is 5.80. The van der Waals surface area contributed by atoms with Gasteiger partial charge in [0.1, 0.15) is 0 Å². The smallest absolute Gasteiger partial charge is 0.310 e. The third-order valence-corrected chi connectivity index (χ3v) is 2.56. The molecule has 0 unspecified atom stereocenters. The van der Waals surface area contributed by atoms with Gasteiger partial charge in [-0.2, -0.15) is 5.10 Å². The number of halogens is 1. The van der Waals surface area contributed by atoms with Gasteiger partial charge in [0.25, 0.3) is 0 Å². The second-order valence-corrected chi connectivity index (χ2v) is 3.96. The van der Waals surface area contributed by atoms with E-state index in [0.29, 0.717) is 5.02 Å². The normalized spacial score (nSPS) is 10.2. The van der Waals surface area contributed by atoms with Crippen molar-refractivity contribution in [2.75, 3.05) is 7.11 Å². The van der Waals surface area contributed by atoms with Crippen molar-refractivity contribution in [1.29, 1.82) is 0 Å². The SMILES string of the molecule is COC(=O)Cc1cnn(-c2ccc(Cl)cc2)c1. The Bertz CT molecular complexity index is 520. The maximum absolute atomic E-state index is 11.1. The summed E-state index contributed by atoms with van der Waals surface area (Å²) in [5.41, 5.74) is 1.71. The monoisotopic (exact) mass is 250 g/mol. The Balaban J connectivity index is 2.18. The first-order valence-corrected chi connectivity index (χ1v) is 5.43. The van der Waals surface area contributed by atoms with Gasteiger partial charge in [-0.15, -0.1) is 0 Å². The highest BCUT2D eigenvalue weighted by Crippen LogP contribution is 2.13. The van der Waals surface area contributed by atoms with Gasteiger partial charge in [0.05, 0.1) is 25.4 Å². The van der Waals surface area contributed by atoms with Crippen LogP contribution in [0.15, 0.2) is 36.7 Å². The predicted molar refractivity (Wildman–Crippen MR) is 64.3 cm³/mol. The summed E-state index contributed by atoms with van der Waals surface area (Å²) in [6, 6.07) is 7.30. The van der Waals surface area contributed by atoms with Crippen molar-refractivity contribution in [2.24, 2.45) is 0 Å². The Kier molecular flexibility index (Phi) is 3.44. The molecular formula is C12H11ClN2O2. The molecule has 0 radical (unpaired) electrons. The third-order valence-electron chi connectivity index (χ3n) is 2.30. The molecule has 17 heavy (non-hydrogen) atoms. The standard InChI is InChI=1S/C12H11ClN2O2/c1-17-12(16)6-9-7-14-15(8-9)11-4-2-10(13)3-5-11/h2-5,7-8H,6H2,1H3. The summed E-state index contributed by atoms with van der Waals surface area (Å²) in [6.07, 6.45) is 3.66. The van der Waals surface area contributed by atoms with E-state index in [1.807, 2.05) is 12.1 Å². The summed E-state index contributed by atoms with van der Waals surface area (Å²) in [5.74, 6) is -0.277. The minimum Gasteiger partial charge on any atom is -0.469 e. The molecule has 0 aliphatic rings. The van der Waals surface area contributed by atoms with E-state index in [0.717, 1.165) is 11.3 Å². The zero-order chi connectivity index (χ0) is 12.3. The molecule has 0 saturated heterocycles. The largest absolute Gasteiger partial charge is 0.469 e. The highest BCUT2D eigenvalue weighted by molar-refractivity contribution is 6.30. The highest BCUT2D eigenvalue weighted by Gasteiger charge is 2.06. The third kappa shape index (κ3) is 2.85. The molecule has 0 fully saturated rings. The Labute approximate surface area is 104 Å². The van der Waals surface area contributed by atoms with Gasteiger partial charge in [-0.1, -0.05) is 11.6 Å². The van der Waals surface area contributed by atoms with E-state index in [1.165, 1.54) is 7.11 Å². The van der Waals surface area contributed by atoms with E-state index in [-0.39, 0.29) is 12.4 Å². The van der Waals surface area contributed by atoms with Gasteiger partial charge in [-0.25, -0.2) is 4.68 Å². The van der Waals surface area contributed by atoms with E-state index in [9.17, 15) is 4.79 Å². The zero-order valence-electron chi connectivity index (χ0n) is 9.26. The molecule has 4 nitrogen and oxygen atoms in total. The average Bonchev–Trinajstić information content (AvgIpc) is 2.78. The van der Waals surface area contributed by atoms with Gasteiger partial charge in [0, 0.05) is 16.8 Å². The maximum atomic E-state index is 11.1. The second kappa shape index (κ2) is 5.01.